The van der Waals surface area contributed by atoms with Crippen LogP contribution in [0.15, 0.2) is 71.7 Å². The fourth-order valence-electron chi connectivity index (χ4n) is 5.47. The van der Waals surface area contributed by atoms with Gasteiger partial charge in [-0.05, 0) is 66.9 Å². The number of phenols is 1. The average molecular weight is 591 g/mol. The van der Waals surface area contributed by atoms with Crippen molar-refractivity contribution in [3.8, 4) is 11.5 Å². The van der Waals surface area contributed by atoms with Crippen LogP contribution in [-0.2, 0) is 9.53 Å². The fraction of sp³-hybridized carbons (Fsp3) is 0.344. The van der Waals surface area contributed by atoms with E-state index in [1.54, 1.807) is 26.8 Å². The molecule has 0 radical (unpaired) electrons. The zero-order chi connectivity index (χ0) is 29.8. The number of hydrogen-bond acceptors (Lipinski definition) is 6. The molecule has 10 heteroatoms. The van der Waals surface area contributed by atoms with E-state index >= 15 is 0 Å². The molecule has 2 aliphatic heterocycles. The Morgan fingerprint density at radius 1 is 0.952 bits per heavy atom. The van der Waals surface area contributed by atoms with Crippen molar-refractivity contribution in [1.29, 1.82) is 0 Å². The van der Waals surface area contributed by atoms with E-state index in [-0.39, 0.29) is 24.3 Å². The molecule has 0 aliphatic carbocycles. The highest BCUT2D eigenvalue weighted by Gasteiger charge is 2.45. The van der Waals surface area contributed by atoms with Crippen LogP contribution in [0.25, 0.3) is 0 Å². The second kappa shape index (κ2) is 12.8. The second-order valence-electron chi connectivity index (χ2n) is 10.4. The summed E-state index contributed by atoms with van der Waals surface area (Å²) < 4.78 is 11.1. The predicted octanol–water partition coefficient (Wildman–Crippen LogP) is 5.21. The number of ether oxygens (including phenoxy) is 2. The van der Waals surface area contributed by atoms with Crippen molar-refractivity contribution in [2.45, 2.75) is 25.9 Å². The van der Waals surface area contributed by atoms with Gasteiger partial charge in [-0.2, -0.15) is 0 Å². The van der Waals surface area contributed by atoms with Crippen LogP contribution in [0, 0.1) is 6.92 Å². The largest absolute Gasteiger partial charge is 0.508 e. The van der Waals surface area contributed by atoms with Crippen LogP contribution in [0.4, 0.5) is 4.79 Å². The van der Waals surface area contributed by atoms with Crippen LogP contribution in [-0.4, -0.2) is 84.1 Å². The molecule has 0 saturated carbocycles. The lowest BCUT2D eigenvalue weighted by Gasteiger charge is -2.39. The van der Waals surface area contributed by atoms with Crippen LogP contribution in [0.2, 0.25) is 5.02 Å². The van der Waals surface area contributed by atoms with Crippen LogP contribution in [0.3, 0.4) is 0 Å². The van der Waals surface area contributed by atoms with Crippen molar-refractivity contribution in [1.82, 2.24) is 14.7 Å². The second-order valence-corrected chi connectivity index (χ2v) is 10.8. The number of carbonyl (C=O) groups excluding carboxylic acids is 2. The van der Waals surface area contributed by atoms with E-state index < -0.39 is 12.1 Å². The first kappa shape index (κ1) is 29.4. The lowest BCUT2D eigenvalue weighted by molar-refractivity contribution is -0.136. The monoisotopic (exact) mass is 590 g/mol. The molecule has 3 aromatic rings. The number of aromatic hydroxyl groups is 1. The lowest BCUT2D eigenvalue weighted by atomic mass is 9.93. The predicted molar refractivity (Wildman–Crippen MR) is 161 cm³/mol. The molecule has 2 atom stereocenters. The molecule has 0 bridgehead atoms. The quantitative estimate of drug-likeness (QED) is 0.408. The molecular formula is C32H35ClN4O5. The first-order valence-electron chi connectivity index (χ1n) is 14.0. The number of benzene rings is 3. The Hall–Kier alpha value is -4.08. The third kappa shape index (κ3) is 6.07. The molecule has 2 heterocycles. The van der Waals surface area contributed by atoms with Gasteiger partial charge in [0.15, 0.2) is 0 Å². The maximum atomic E-state index is 14.5. The number of piperazine rings is 1. The molecule has 0 spiro atoms. The number of amides is 3. The Bertz CT molecular complexity index is 1450. The molecule has 1 N–H and O–H groups in total. The molecule has 2 unspecified atom stereocenters. The third-order valence-corrected chi connectivity index (χ3v) is 7.82. The maximum absolute atomic E-state index is 14.5. The van der Waals surface area contributed by atoms with Gasteiger partial charge in [0.2, 0.25) is 5.91 Å². The summed E-state index contributed by atoms with van der Waals surface area (Å²) >= 11 is 6.26. The number of carbonyl (C=O) groups is 2. The van der Waals surface area contributed by atoms with Crippen molar-refractivity contribution in [3.63, 3.8) is 0 Å². The van der Waals surface area contributed by atoms with Gasteiger partial charge < -0.3 is 24.4 Å². The molecule has 220 valence electrons. The first-order chi connectivity index (χ1) is 20.3. The average Bonchev–Trinajstić information content (AvgIpc) is 3.38. The highest BCUT2D eigenvalue weighted by atomic mass is 35.5. The number of aliphatic imine (C=N–C) groups is 1. The third-order valence-electron chi connectivity index (χ3n) is 7.57. The van der Waals surface area contributed by atoms with Gasteiger partial charge in [0, 0.05) is 38.3 Å². The van der Waals surface area contributed by atoms with Gasteiger partial charge in [-0.3, -0.25) is 14.7 Å². The van der Waals surface area contributed by atoms with Crippen molar-refractivity contribution in [2.24, 2.45) is 4.99 Å². The number of halogens is 1. The number of rotatable bonds is 7. The summed E-state index contributed by atoms with van der Waals surface area (Å²) in [5.74, 6) is 1.19. The number of amidine groups is 1. The Labute approximate surface area is 250 Å². The van der Waals surface area contributed by atoms with Gasteiger partial charge >= 0.3 is 6.03 Å². The number of hydrogen-bond donors (Lipinski definition) is 1. The Kier molecular flexibility index (Phi) is 8.99. The molecule has 9 nitrogen and oxygen atoms in total. The smallest absolute Gasteiger partial charge is 0.326 e. The normalized spacial score (nSPS) is 18.7. The van der Waals surface area contributed by atoms with E-state index in [0.29, 0.717) is 55.0 Å². The molecule has 5 rings (SSSR count). The molecule has 42 heavy (non-hydrogen) atoms. The summed E-state index contributed by atoms with van der Waals surface area (Å²) in [6.07, 6.45) is 0. The molecule has 3 aromatic carbocycles. The van der Waals surface area contributed by atoms with E-state index in [1.807, 2.05) is 68.4 Å². The Morgan fingerprint density at radius 2 is 1.60 bits per heavy atom. The summed E-state index contributed by atoms with van der Waals surface area (Å²) in [5, 5.41) is 10.6. The molecule has 1 fully saturated rings. The van der Waals surface area contributed by atoms with Gasteiger partial charge in [0.1, 0.15) is 30.0 Å². The molecule has 3 amide bonds. The standard InChI is InChI=1S/C32H35ClN4O5/c1-4-42-27-19-21(2)5-14-26(27)31-34-29(22-8-12-25(38)13-9-22)30(23-6-10-24(33)11-7-23)37(31)32(40)36-17-15-35(16-18-36)28(39)20-41-3/h5-14,19,29-30,38H,4,15-18,20H2,1-3H3. The zero-order valence-electron chi connectivity index (χ0n) is 24.0. The minimum atomic E-state index is -0.502. The Balaban J connectivity index is 1.60. The van der Waals surface area contributed by atoms with Gasteiger partial charge in [-0.25, -0.2) is 4.79 Å². The van der Waals surface area contributed by atoms with Crippen molar-refractivity contribution >= 4 is 29.4 Å². The van der Waals surface area contributed by atoms with Crippen LogP contribution in [0.1, 0.15) is 41.3 Å². The summed E-state index contributed by atoms with van der Waals surface area (Å²) in [6.45, 7) is 5.96. The fourth-order valence-corrected chi connectivity index (χ4v) is 5.60. The summed E-state index contributed by atoms with van der Waals surface area (Å²) in [5.41, 5.74) is 3.45. The van der Waals surface area contributed by atoms with Crippen LogP contribution in [0.5, 0.6) is 11.5 Å². The van der Waals surface area contributed by atoms with E-state index in [9.17, 15) is 14.7 Å². The van der Waals surface area contributed by atoms with Gasteiger partial charge in [0.05, 0.1) is 18.2 Å². The number of methoxy groups -OCH3 is 1. The summed E-state index contributed by atoms with van der Waals surface area (Å²) in [7, 11) is 1.49. The first-order valence-corrected chi connectivity index (χ1v) is 14.4. The van der Waals surface area contributed by atoms with Gasteiger partial charge in [-0.1, -0.05) is 41.9 Å². The maximum Gasteiger partial charge on any atom is 0.326 e. The molecule has 1 saturated heterocycles. The number of aryl methyl sites for hydroxylation is 1. The number of nitrogens with zero attached hydrogens (tertiary/aromatic N) is 4. The Morgan fingerprint density at radius 3 is 2.24 bits per heavy atom. The van der Waals surface area contributed by atoms with E-state index in [1.165, 1.54) is 7.11 Å². The van der Waals surface area contributed by atoms with Crippen LogP contribution >= 0.6 is 11.6 Å². The van der Waals surface area contributed by atoms with E-state index in [0.717, 1.165) is 16.7 Å². The van der Waals surface area contributed by atoms with Crippen molar-refractivity contribution in [3.05, 3.63) is 94.0 Å². The topological polar surface area (TPSA) is 94.9 Å². The van der Waals surface area contributed by atoms with Crippen molar-refractivity contribution in [2.75, 3.05) is 46.5 Å². The summed E-state index contributed by atoms with van der Waals surface area (Å²) in [6, 6.07) is 19.1. The SMILES string of the molecule is CCOc1cc(C)ccc1C1=NC(c2ccc(O)cc2)C(c2ccc(Cl)cc2)N1C(=O)N1CCN(C(=O)COC)CC1. The van der Waals surface area contributed by atoms with Crippen molar-refractivity contribution < 1.29 is 24.2 Å². The zero-order valence-corrected chi connectivity index (χ0v) is 24.8. The van der Waals surface area contributed by atoms with Gasteiger partial charge in [0.25, 0.3) is 0 Å². The van der Waals surface area contributed by atoms with Crippen LogP contribution < -0.4 is 4.74 Å². The van der Waals surface area contributed by atoms with E-state index in [2.05, 4.69) is 0 Å². The number of urea groups is 1. The minimum Gasteiger partial charge on any atom is -0.508 e. The molecular weight excluding hydrogens is 556 g/mol. The number of phenolic OH excluding ortho intramolecular Hbond substituents is 1. The van der Waals surface area contributed by atoms with Gasteiger partial charge in [-0.15, -0.1) is 0 Å². The highest BCUT2D eigenvalue weighted by molar-refractivity contribution is 6.30. The molecule has 2 aliphatic rings. The highest BCUT2D eigenvalue weighted by Crippen LogP contribution is 2.45. The summed E-state index contributed by atoms with van der Waals surface area (Å²) in [4.78, 5) is 37.4. The molecule has 0 aromatic heterocycles. The lowest BCUT2D eigenvalue weighted by Crippen LogP contribution is -2.55. The minimum absolute atomic E-state index is 0.0114. The van der Waals surface area contributed by atoms with E-state index in [4.69, 9.17) is 26.1 Å².